The lowest BCUT2D eigenvalue weighted by Gasteiger charge is -2.22. The molecule has 180 valence electrons. The van der Waals surface area contributed by atoms with Crippen molar-refractivity contribution >= 4 is 49.9 Å². The fraction of sp³-hybridized carbons (Fsp3) is 0.231. The predicted octanol–water partition coefficient (Wildman–Crippen LogP) is 4.46. The molecule has 0 bridgehead atoms. The van der Waals surface area contributed by atoms with Crippen LogP contribution in [0.1, 0.15) is 22.4 Å². The Morgan fingerprint density at radius 3 is 3.06 bits per heavy atom. The number of aryl methyl sites for hydroxylation is 1. The normalized spacial score (nSPS) is 16.3. The molecule has 0 fully saturated rings. The van der Waals surface area contributed by atoms with Gasteiger partial charge in [0, 0.05) is 28.4 Å². The van der Waals surface area contributed by atoms with Gasteiger partial charge in [-0.05, 0) is 60.7 Å². The van der Waals surface area contributed by atoms with E-state index in [1.165, 1.54) is 10.4 Å². The highest BCUT2D eigenvalue weighted by molar-refractivity contribution is 7.19. The number of anilines is 2. The van der Waals surface area contributed by atoms with Gasteiger partial charge in [-0.1, -0.05) is 6.07 Å². The van der Waals surface area contributed by atoms with Gasteiger partial charge < -0.3 is 20.1 Å². The summed E-state index contributed by atoms with van der Waals surface area (Å²) in [5, 5.41) is 15.7. The first-order valence-corrected chi connectivity index (χ1v) is 12.6. The average Bonchev–Trinajstić information content (AvgIpc) is 3.64. The molecule has 1 unspecified atom stereocenters. The second-order valence-electron chi connectivity index (χ2n) is 9.05. The summed E-state index contributed by atoms with van der Waals surface area (Å²) in [6, 6.07) is 11.8. The number of aromatic nitrogens is 4. The van der Waals surface area contributed by atoms with E-state index in [1.807, 2.05) is 36.4 Å². The fourth-order valence-electron chi connectivity index (χ4n) is 4.97. The molecule has 1 amide bonds. The van der Waals surface area contributed by atoms with Crippen LogP contribution in [0.5, 0.6) is 11.5 Å². The number of ether oxygens (including phenoxy) is 2. The maximum absolute atomic E-state index is 13.0. The number of aromatic amines is 1. The van der Waals surface area contributed by atoms with Crippen LogP contribution in [0.2, 0.25) is 0 Å². The summed E-state index contributed by atoms with van der Waals surface area (Å²) in [5.41, 5.74) is 4.18. The Kier molecular flexibility index (Phi) is 4.98. The quantitative estimate of drug-likeness (QED) is 0.328. The Bertz CT molecular complexity index is 1630. The van der Waals surface area contributed by atoms with E-state index in [4.69, 9.17) is 9.47 Å². The Labute approximate surface area is 209 Å². The lowest BCUT2D eigenvalue weighted by Crippen LogP contribution is -2.33. The first-order chi connectivity index (χ1) is 17.7. The van der Waals surface area contributed by atoms with E-state index in [0.717, 1.165) is 62.5 Å². The highest BCUT2D eigenvalue weighted by Crippen LogP contribution is 2.40. The number of carbonyl (C=O) groups excluding carboxylic acids is 1. The molecular weight excluding hydrogens is 476 g/mol. The SMILES string of the molecule is O=C(NCc1ccc2c(c1)OCO2)C1CCc2c(sc3ncnc(Nc4ccc5[nH]ncc5c4)c23)C1. The summed E-state index contributed by atoms with van der Waals surface area (Å²) in [7, 11) is 0. The monoisotopic (exact) mass is 498 g/mol. The van der Waals surface area contributed by atoms with E-state index < -0.39 is 0 Å². The highest BCUT2D eigenvalue weighted by Gasteiger charge is 2.29. The van der Waals surface area contributed by atoms with Gasteiger partial charge in [0.25, 0.3) is 0 Å². The molecule has 36 heavy (non-hydrogen) atoms. The number of fused-ring (bicyclic) bond motifs is 5. The van der Waals surface area contributed by atoms with E-state index in [0.29, 0.717) is 13.0 Å². The minimum absolute atomic E-state index is 0.0626. The van der Waals surface area contributed by atoms with Gasteiger partial charge in [0.1, 0.15) is 17.0 Å². The molecule has 0 saturated carbocycles. The van der Waals surface area contributed by atoms with Crippen LogP contribution < -0.4 is 20.1 Å². The van der Waals surface area contributed by atoms with E-state index in [-0.39, 0.29) is 18.6 Å². The zero-order valence-corrected chi connectivity index (χ0v) is 20.0. The summed E-state index contributed by atoms with van der Waals surface area (Å²) in [4.78, 5) is 24.3. The van der Waals surface area contributed by atoms with Crippen molar-refractivity contribution in [1.29, 1.82) is 0 Å². The molecule has 0 spiro atoms. The highest BCUT2D eigenvalue weighted by atomic mass is 32.1. The standard InChI is InChI=1S/C26H22N6O3S/c33-25(27-10-14-1-6-20-21(7-14)35-13-34-20)15-2-4-18-22(9-15)36-26-23(18)24(28-12-29-26)31-17-3-5-19-16(8-17)11-30-32-19/h1,3,5-8,11-12,15H,2,4,9-10,13H2,(H,27,33)(H,30,32)(H,28,29,31). The van der Waals surface area contributed by atoms with Crippen LogP contribution in [0.15, 0.2) is 48.9 Å². The van der Waals surface area contributed by atoms with Crippen molar-refractivity contribution < 1.29 is 14.3 Å². The van der Waals surface area contributed by atoms with E-state index in [2.05, 4.69) is 30.8 Å². The van der Waals surface area contributed by atoms with Gasteiger partial charge in [0.2, 0.25) is 12.7 Å². The summed E-state index contributed by atoms with van der Waals surface area (Å²) >= 11 is 1.66. The molecule has 1 aliphatic carbocycles. The second kappa shape index (κ2) is 8.49. The first-order valence-electron chi connectivity index (χ1n) is 11.8. The van der Waals surface area contributed by atoms with Gasteiger partial charge in [0.15, 0.2) is 11.5 Å². The molecule has 5 aromatic rings. The number of rotatable bonds is 5. The van der Waals surface area contributed by atoms with Gasteiger partial charge in [0.05, 0.1) is 17.1 Å². The molecule has 10 heteroatoms. The van der Waals surface area contributed by atoms with Crippen LogP contribution >= 0.6 is 11.3 Å². The molecule has 2 aliphatic rings. The second-order valence-corrected chi connectivity index (χ2v) is 10.1. The van der Waals surface area contributed by atoms with Crippen molar-refractivity contribution in [3.8, 4) is 11.5 Å². The minimum Gasteiger partial charge on any atom is -0.454 e. The Balaban J connectivity index is 1.09. The van der Waals surface area contributed by atoms with Gasteiger partial charge in [-0.3, -0.25) is 9.89 Å². The van der Waals surface area contributed by atoms with E-state index in [9.17, 15) is 4.79 Å². The molecule has 7 rings (SSSR count). The van der Waals surface area contributed by atoms with Crippen LogP contribution in [-0.2, 0) is 24.2 Å². The lowest BCUT2D eigenvalue weighted by molar-refractivity contribution is -0.125. The molecular formula is C26H22N6O3S. The summed E-state index contributed by atoms with van der Waals surface area (Å²) < 4.78 is 10.8. The largest absolute Gasteiger partial charge is 0.454 e. The topological polar surface area (TPSA) is 114 Å². The molecule has 3 N–H and O–H groups in total. The lowest BCUT2D eigenvalue weighted by atomic mass is 9.87. The Morgan fingerprint density at radius 1 is 1.14 bits per heavy atom. The number of thiophene rings is 1. The Morgan fingerprint density at radius 2 is 2.08 bits per heavy atom. The summed E-state index contributed by atoms with van der Waals surface area (Å²) in [5.74, 6) is 2.28. The summed E-state index contributed by atoms with van der Waals surface area (Å²) in [6.45, 7) is 0.706. The van der Waals surface area contributed by atoms with Crippen molar-refractivity contribution in [3.05, 3.63) is 64.9 Å². The molecule has 1 atom stereocenters. The number of hydrogen-bond acceptors (Lipinski definition) is 8. The molecule has 2 aromatic carbocycles. The minimum atomic E-state index is -0.0626. The molecule has 4 heterocycles. The molecule has 9 nitrogen and oxygen atoms in total. The molecule has 0 saturated heterocycles. The van der Waals surface area contributed by atoms with Crippen LogP contribution in [-0.4, -0.2) is 32.9 Å². The van der Waals surface area contributed by atoms with E-state index >= 15 is 0 Å². The Hall–Kier alpha value is -4.18. The third-order valence-corrected chi connectivity index (χ3v) is 7.99. The average molecular weight is 499 g/mol. The number of hydrogen-bond donors (Lipinski definition) is 3. The van der Waals surface area contributed by atoms with Crippen molar-refractivity contribution in [2.45, 2.75) is 25.8 Å². The molecule has 0 radical (unpaired) electrons. The fourth-order valence-corrected chi connectivity index (χ4v) is 6.24. The van der Waals surface area contributed by atoms with Crippen LogP contribution in [0, 0.1) is 5.92 Å². The van der Waals surface area contributed by atoms with E-state index in [1.54, 1.807) is 23.9 Å². The van der Waals surface area contributed by atoms with Crippen molar-refractivity contribution in [2.75, 3.05) is 12.1 Å². The third-order valence-electron chi connectivity index (χ3n) is 6.82. The van der Waals surface area contributed by atoms with Gasteiger partial charge in [-0.2, -0.15) is 5.10 Å². The molecule has 1 aliphatic heterocycles. The number of carbonyl (C=O) groups is 1. The summed E-state index contributed by atoms with van der Waals surface area (Å²) in [6.07, 6.45) is 5.73. The predicted molar refractivity (Wildman–Crippen MR) is 137 cm³/mol. The smallest absolute Gasteiger partial charge is 0.231 e. The number of benzene rings is 2. The maximum Gasteiger partial charge on any atom is 0.231 e. The maximum atomic E-state index is 13.0. The number of nitrogens with one attached hydrogen (secondary N) is 3. The van der Waals surface area contributed by atoms with Gasteiger partial charge in [-0.15, -0.1) is 11.3 Å². The third kappa shape index (κ3) is 3.70. The number of nitrogens with zero attached hydrogens (tertiary/aromatic N) is 3. The number of amides is 1. The van der Waals surface area contributed by atoms with Crippen molar-refractivity contribution in [3.63, 3.8) is 0 Å². The van der Waals surface area contributed by atoms with Crippen molar-refractivity contribution in [2.24, 2.45) is 5.92 Å². The van der Waals surface area contributed by atoms with Crippen LogP contribution in [0.25, 0.3) is 21.1 Å². The van der Waals surface area contributed by atoms with Crippen molar-refractivity contribution in [1.82, 2.24) is 25.5 Å². The van der Waals surface area contributed by atoms with Gasteiger partial charge in [-0.25, -0.2) is 9.97 Å². The van der Waals surface area contributed by atoms with Gasteiger partial charge >= 0.3 is 0 Å². The van der Waals surface area contributed by atoms with Crippen LogP contribution in [0.4, 0.5) is 11.5 Å². The number of H-pyrrole nitrogens is 1. The molecule has 3 aromatic heterocycles. The zero-order chi connectivity index (χ0) is 24.1. The zero-order valence-electron chi connectivity index (χ0n) is 19.2. The van der Waals surface area contributed by atoms with Crippen LogP contribution in [0.3, 0.4) is 0 Å². The first kappa shape index (κ1) is 21.1.